The Balaban J connectivity index is 4.78. The van der Waals surface area contributed by atoms with E-state index in [0.29, 0.717) is 0 Å². The molecular formula is C15H29NOS. The third kappa shape index (κ3) is 7.18. The molecule has 0 aliphatic carbocycles. The van der Waals surface area contributed by atoms with Gasteiger partial charge in [-0.15, -0.1) is 5.92 Å². The molecule has 0 rings (SSSR count). The Kier molecular flexibility index (Phi) is 7.82. The average molecular weight is 271 g/mol. The van der Waals surface area contributed by atoms with E-state index in [1.54, 1.807) is 0 Å². The highest BCUT2D eigenvalue weighted by molar-refractivity contribution is 7.84. The molecule has 0 saturated heterocycles. The van der Waals surface area contributed by atoms with E-state index in [0.717, 1.165) is 32.1 Å². The molecule has 0 aromatic rings. The molecule has 0 aromatic heterocycles. The maximum Gasteiger partial charge on any atom is 0.0983 e. The van der Waals surface area contributed by atoms with E-state index in [4.69, 9.17) is 0 Å². The molecule has 0 saturated carbocycles. The summed E-state index contributed by atoms with van der Waals surface area (Å²) in [7, 11) is -1.07. The Hall–Kier alpha value is -0.330. The lowest BCUT2D eigenvalue weighted by Gasteiger charge is -2.29. The molecule has 1 N–H and O–H groups in total. The van der Waals surface area contributed by atoms with Crippen molar-refractivity contribution in [1.29, 1.82) is 0 Å². The summed E-state index contributed by atoms with van der Waals surface area (Å²) in [5.41, 5.74) is -0.330. The summed E-state index contributed by atoms with van der Waals surface area (Å²) in [4.78, 5) is 0. The molecule has 0 heterocycles. The van der Waals surface area contributed by atoms with Gasteiger partial charge in [0.15, 0.2) is 0 Å². The van der Waals surface area contributed by atoms with Crippen LogP contribution in [0.1, 0.15) is 73.6 Å². The fraction of sp³-hybridized carbons (Fsp3) is 0.867. The lowest BCUT2D eigenvalue weighted by atomic mass is 9.97. The second kappa shape index (κ2) is 7.96. The first kappa shape index (κ1) is 17.7. The van der Waals surface area contributed by atoms with Gasteiger partial charge in [0, 0.05) is 6.42 Å². The molecule has 3 heteroatoms. The monoisotopic (exact) mass is 271 g/mol. The minimum absolute atomic E-state index is 0.250. The normalized spacial score (nSPS) is 16.6. The fourth-order valence-electron chi connectivity index (χ4n) is 1.41. The van der Waals surface area contributed by atoms with Gasteiger partial charge < -0.3 is 0 Å². The van der Waals surface area contributed by atoms with Gasteiger partial charge in [0.05, 0.1) is 21.3 Å². The molecule has 0 aliphatic heterocycles. The summed E-state index contributed by atoms with van der Waals surface area (Å²) in [6.45, 7) is 12.3. The van der Waals surface area contributed by atoms with Crippen LogP contribution in [-0.2, 0) is 11.0 Å². The van der Waals surface area contributed by atoms with Crippen molar-refractivity contribution >= 4 is 11.0 Å². The first-order valence-electron chi connectivity index (χ1n) is 6.95. The summed E-state index contributed by atoms with van der Waals surface area (Å²) in [6, 6.07) is 0. The molecule has 0 spiro atoms. The van der Waals surface area contributed by atoms with E-state index in [1.807, 2.05) is 20.8 Å². The van der Waals surface area contributed by atoms with Gasteiger partial charge >= 0.3 is 0 Å². The molecule has 0 fully saturated rings. The maximum atomic E-state index is 12.2. The van der Waals surface area contributed by atoms with E-state index < -0.39 is 11.0 Å². The van der Waals surface area contributed by atoms with Gasteiger partial charge in [-0.3, -0.25) is 0 Å². The Bertz CT molecular complexity index is 322. The zero-order valence-electron chi connectivity index (χ0n) is 12.9. The van der Waals surface area contributed by atoms with Crippen LogP contribution in [0.2, 0.25) is 0 Å². The first-order valence-corrected chi connectivity index (χ1v) is 8.10. The van der Waals surface area contributed by atoms with Gasteiger partial charge in [-0.05, 0) is 40.5 Å². The molecule has 0 unspecified atom stereocenters. The molecule has 0 radical (unpaired) electrons. The molecule has 2 atom stereocenters. The van der Waals surface area contributed by atoms with Crippen LogP contribution in [0, 0.1) is 11.8 Å². The zero-order chi connectivity index (χ0) is 14.2. The van der Waals surface area contributed by atoms with Crippen LogP contribution in [0.25, 0.3) is 0 Å². The highest BCUT2D eigenvalue weighted by Crippen LogP contribution is 2.18. The topological polar surface area (TPSA) is 29.1 Å². The van der Waals surface area contributed by atoms with Crippen LogP contribution >= 0.6 is 0 Å². The van der Waals surface area contributed by atoms with Crippen molar-refractivity contribution in [2.45, 2.75) is 83.9 Å². The van der Waals surface area contributed by atoms with E-state index in [-0.39, 0.29) is 10.3 Å². The van der Waals surface area contributed by atoms with Gasteiger partial charge in [-0.25, -0.2) is 8.93 Å². The molecule has 18 heavy (non-hydrogen) atoms. The second-order valence-corrected chi connectivity index (χ2v) is 7.94. The summed E-state index contributed by atoms with van der Waals surface area (Å²) in [5, 5.41) is 0. The summed E-state index contributed by atoms with van der Waals surface area (Å²) in [5.74, 6) is 6.48. The third-order valence-corrected chi connectivity index (χ3v) is 4.39. The minimum Gasteiger partial charge on any atom is -0.242 e. The summed E-state index contributed by atoms with van der Waals surface area (Å²) in [6.07, 6.45) is 5.16. The predicted octanol–water partition coefficient (Wildman–Crippen LogP) is 3.79. The van der Waals surface area contributed by atoms with Crippen molar-refractivity contribution in [2.75, 3.05) is 0 Å². The number of hydrogen-bond donors (Lipinski definition) is 1. The van der Waals surface area contributed by atoms with Crippen molar-refractivity contribution in [3.8, 4) is 11.8 Å². The van der Waals surface area contributed by atoms with Crippen molar-refractivity contribution < 1.29 is 4.21 Å². The molecule has 2 nitrogen and oxygen atoms in total. The van der Waals surface area contributed by atoms with Crippen LogP contribution in [0.5, 0.6) is 0 Å². The third-order valence-electron chi connectivity index (χ3n) is 2.64. The number of rotatable bonds is 6. The van der Waals surface area contributed by atoms with Gasteiger partial charge in [0.1, 0.15) is 0 Å². The van der Waals surface area contributed by atoms with Gasteiger partial charge in [-0.2, -0.15) is 0 Å². The van der Waals surface area contributed by atoms with Crippen molar-refractivity contribution in [3.63, 3.8) is 0 Å². The Morgan fingerprint density at radius 3 is 2.17 bits per heavy atom. The van der Waals surface area contributed by atoms with Crippen molar-refractivity contribution in [3.05, 3.63) is 0 Å². The van der Waals surface area contributed by atoms with E-state index in [9.17, 15) is 4.21 Å². The SMILES string of the molecule is CCCC#C[C@@](C)(CCCC)N[S@](=O)C(C)(C)C. The fourth-order valence-corrected chi connectivity index (χ4v) is 2.28. The van der Waals surface area contributed by atoms with Crippen LogP contribution < -0.4 is 4.72 Å². The molecule has 0 aromatic carbocycles. The predicted molar refractivity (Wildman–Crippen MR) is 81.6 cm³/mol. The smallest absolute Gasteiger partial charge is 0.0983 e. The lowest BCUT2D eigenvalue weighted by molar-refractivity contribution is 0.476. The molecular weight excluding hydrogens is 242 g/mol. The maximum absolute atomic E-state index is 12.2. The molecule has 0 aliphatic rings. The van der Waals surface area contributed by atoms with E-state index in [1.165, 1.54) is 0 Å². The second-order valence-electron chi connectivity index (χ2n) is 5.97. The molecule has 0 bridgehead atoms. The minimum atomic E-state index is -1.07. The molecule has 106 valence electrons. The molecule has 0 amide bonds. The Morgan fingerprint density at radius 2 is 1.72 bits per heavy atom. The van der Waals surface area contributed by atoms with Gasteiger partial charge in [0.25, 0.3) is 0 Å². The van der Waals surface area contributed by atoms with E-state index in [2.05, 4.69) is 37.3 Å². The lowest BCUT2D eigenvalue weighted by Crippen LogP contribution is -2.47. The highest BCUT2D eigenvalue weighted by atomic mass is 32.2. The first-order chi connectivity index (χ1) is 8.25. The Labute approximate surface area is 116 Å². The summed E-state index contributed by atoms with van der Waals surface area (Å²) < 4.78 is 15.2. The summed E-state index contributed by atoms with van der Waals surface area (Å²) >= 11 is 0. The standard InChI is InChI=1S/C15H29NOS/c1-7-9-11-13-15(6,12-10-8-2)16-18(17)14(3,4)5/h16H,7-10,12H2,1-6H3/t15-,18-/m1/s1. The number of nitrogens with one attached hydrogen (secondary N) is 1. The highest BCUT2D eigenvalue weighted by Gasteiger charge is 2.28. The average Bonchev–Trinajstić information content (AvgIpc) is 2.25. The Morgan fingerprint density at radius 1 is 1.11 bits per heavy atom. The van der Waals surface area contributed by atoms with Crippen molar-refractivity contribution in [1.82, 2.24) is 4.72 Å². The number of unbranched alkanes of at least 4 members (excludes halogenated alkanes) is 2. The van der Waals surface area contributed by atoms with E-state index >= 15 is 0 Å². The van der Waals surface area contributed by atoms with Crippen LogP contribution in [-0.4, -0.2) is 14.5 Å². The van der Waals surface area contributed by atoms with Crippen LogP contribution in [0.3, 0.4) is 0 Å². The quantitative estimate of drug-likeness (QED) is 0.732. The zero-order valence-corrected chi connectivity index (χ0v) is 13.7. The van der Waals surface area contributed by atoms with Gasteiger partial charge in [0.2, 0.25) is 0 Å². The van der Waals surface area contributed by atoms with Gasteiger partial charge in [-0.1, -0.05) is 32.6 Å². The number of hydrogen-bond acceptors (Lipinski definition) is 1. The van der Waals surface area contributed by atoms with Crippen LogP contribution in [0.4, 0.5) is 0 Å². The largest absolute Gasteiger partial charge is 0.242 e. The van der Waals surface area contributed by atoms with Crippen LogP contribution in [0.15, 0.2) is 0 Å². The van der Waals surface area contributed by atoms with Crippen molar-refractivity contribution in [2.24, 2.45) is 0 Å².